The molecule has 1 fully saturated rings. The topological polar surface area (TPSA) is 71.3 Å². The number of aromatic nitrogens is 3. The van der Waals surface area contributed by atoms with E-state index >= 15 is 0 Å². The van der Waals surface area contributed by atoms with E-state index in [-0.39, 0.29) is 29.8 Å². The Bertz CT molecular complexity index is 785. The zero-order valence-electron chi connectivity index (χ0n) is 15.5. The molecule has 0 unspecified atom stereocenters. The molecule has 144 valence electrons. The van der Waals surface area contributed by atoms with Gasteiger partial charge in [0.2, 0.25) is 11.8 Å². The number of pyridine rings is 1. The van der Waals surface area contributed by atoms with Gasteiger partial charge in [0.05, 0.1) is 18.1 Å². The van der Waals surface area contributed by atoms with Crippen molar-refractivity contribution in [3.8, 4) is 5.69 Å². The smallest absolute Gasteiger partial charge is 0.227 e. The predicted octanol–water partition coefficient (Wildman–Crippen LogP) is 3.07. The fraction of sp³-hybridized carbons (Fsp3) is 0.474. The molecule has 3 heterocycles. The summed E-state index contributed by atoms with van der Waals surface area (Å²) in [6.45, 7) is 1.60. The van der Waals surface area contributed by atoms with Crippen LogP contribution in [0.25, 0.3) is 5.69 Å². The standard InChI is InChI=1S/C19H24ClN5O2/c1-23(16-14-25(22-19(16)20)15-7-6-10-21-13-15)17(26)8-9-18(27)24-11-4-2-3-5-12-24/h6-7,10,13-14H,2-5,8-9,11-12H2,1H3. The number of anilines is 1. The van der Waals surface area contributed by atoms with Gasteiger partial charge in [-0.1, -0.05) is 24.4 Å². The minimum Gasteiger partial charge on any atom is -0.343 e. The van der Waals surface area contributed by atoms with Crippen molar-refractivity contribution >= 4 is 29.1 Å². The maximum absolute atomic E-state index is 12.5. The molecular formula is C19H24ClN5O2. The molecular weight excluding hydrogens is 366 g/mol. The second-order valence-corrected chi connectivity index (χ2v) is 7.07. The number of nitrogens with zero attached hydrogens (tertiary/aromatic N) is 5. The van der Waals surface area contributed by atoms with E-state index in [1.165, 1.54) is 17.7 Å². The second-order valence-electron chi connectivity index (χ2n) is 6.71. The van der Waals surface area contributed by atoms with Crippen LogP contribution in [0.4, 0.5) is 5.69 Å². The summed E-state index contributed by atoms with van der Waals surface area (Å²) in [5.41, 5.74) is 1.26. The summed E-state index contributed by atoms with van der Waals surface area (Å²) in [7, 11) is 1.65. The lowest BCUT2D eigenvalue weighted by molar-refractivity contribution is -0.133. The van der Waals surface area contributed by atoms with E-state index in [2.05, 4.69) is 10.1 Å². The summed E-state index contributed by atoms with van der Waals surface area (Å²) < 4.78 is 1.58. The van der Waals surface area contributed by atoms with Gasteiger partial charge >= 0.3 is 0 Å². The van der Waals surface area contributed by atoms with Crippen LogP contribution in [-0.2, 0) is 9.59 Å². The van der Waals surface area contributed by atoms with Gasteiger partial charge in [0.15, 0.2) is 5.15 Å². The molecule has 0 spiro atoms. The molecule has 0 bridgehead atoms. The summed E-state index contributed by atoms with van der Waals surface area (Å²) >= 11 is 6.21. The van der Waals surface area contributed by atoms with E-state index in [0.29, 0.717) is 5.69 Å². The third-order valence-electron chi connectivity index (χ3n) is 4.81. The largest absolute Gasteiger partial charge is 0.343 e. The van der Waals surface area contributed by atoms with E-state index in [4.69, 9.17) is 11.6 Å². The molecule has 2 amide bonds. The van der Waals surface area contributed by atoms with Gasteiger partial charge in [0.1, 0.15) is 5.69 Å². The summed E-state index contributed by atoms with van der Waals surface area (Å²) in [5, 5.41) is 4.47. The zero-order valence-corrected chi connectivity index (χ0v) is 16.2. The first kappa shape index (κ1) is 19.4. The quantitative estimate of drug-likeness (QED) is 0.787. The summed E-state index contributed by atoms with van der Waals surface area (Å²) in [5.74, 6) is -0.110. The molecule has 1 aliphatic rings. The average Bonchev–Trinajstić information content (AvgIpc) is 2.90. The van der Waals surface area contributed by atoms with Crippen LogP contribution in [0.2, 0.25) is 5.15 Å². The van der Waals surface area contributed by atoms with Crippen LogP contribution in [0, 0.1) is 0 Å². The van der Waals surface area contributed by atoms with Crippen molar-refractivity contribution < 1.29 is 9.59 Å². The van der Waals surface area contributed by atoms with E-state index in [9.17, 15) is 9.59 Å². The van der Waals surface area contributed by atoms with Gasteiger partial charge in [-0.25, -0.2) is 4.68 Å². The lowest BCUT2D eigenvalue weighted by Crippen LogP contribution is -2.33. The third kappa shape index (κ3) is 4.86. The number of halogens is 1. The minimum absolute atomic E-state index is 0.0517. The first-order valence-corrected chi connectivity index (χ1v) is 9.64. The number of amides is 2. The summed E-state index contributed by atoms with van der Waals surface area (Å²) in [4.78, 5) is 32.3. The number of carbonyl (C=O) groups excluding carboxylic acids is 2. The molecule has 0 radical (unpaired) electrons. The Balaban J connectivity index is 1.60. The van der Waals surface area contributed by atoms with Gasteiger partial charge in [-0.2, -0.15) is 5.10 Å². The molecule has 2 aromatic rings. The van der Waals surface area contributed by atoms with Gasteiger partial charge in [-0.15, -0.1) is 0 Å². The highest BCUT2D eigenvalue weighted by molar-refractivity contribution is 6.32. The molecule has 27 heavy (non-hydrogen) atoms. The molecule has 1 saturated heterocycles. The molecule has 3 rings (SSSR count). The van der Waals surface area contributed by atoms with Crippen molar-refractivity contribution in [1.29, 1.82) is 0 Å². The van der Waals surface area contributed by atoms with E-state index in [1.54, 1.807) is 36.4 Å². The van der Waals surface area contributed by atoms with Crippen molar-refractivity contribution in [3.63, 3.8) is 0 Å². The average molecular weight is 390 g/mol. The van der Waals surface area contributed by atoms with Gasteiger partial charge < -0.3 is 9.80 Å². The van der Waals surface area contributed by atoms with E-state index in [0.717, 1.165) is 31.6 Å². The molecule has 7 nitrogen and oxygen atoms in total. The minimum atomic E-state index is -0.161. The van der Waals surface area contributed by atoms with Crippen LogP contribution >= 0.6 is 11.6 Å². The van der Waals surface area contributed by atoms with E-state index in [1.807, 2.05) is 11.0 Å². The van der Waals surface area contributed by atoms with Crippen molar-refractivity contribution in [1.82, 2.24) is 19.7 Å². The number of likely N-dealkylation sites (tertiary alicyclic amines) is 1. The SMILES string of the molecule is CN(C(=O)CCC(=O)N1CCCCCC1)c1cn(-c2cccnc2)nc1Cl. The van der Waals surface area contributed by atoms with Crippen LogP contribution in [0.5, 0.6) is 0 Å². The van der Waals surface area contributed by atoms with Gasteiger partial charge in [-0.05, 0) is 25.0 Å². The number of hydrogen-bond acceptors (Lipinski definition) is 4. The first-order chi connectivity index (χ1) is 13.1. The highest BCUT2D eigenvalue weighted by atomic mass is 35.5. The fourth-order valence-corrected chi connectivity index (χ4v) is 3.44. The lowest BCUT2D eigenvalue weighted by atomic mass is 10.2. The van der Waals surface area contributed by atoms with Crippen LogP contribution in [0.1, 0.15) is 38.5 Å². The number of hydrogen-bond donors (Lipinski definition) is 0. The van der Waals surface area contributed by atoms with Crippen molar-refractivity contribution in [2.75, 3.05) is 25.0 Å². The number of carbonyl (C=O) groups is 2. The molecule has 0 aliphatic carbocycles. The highest BCUT2D eigenvalue weighted by Crippen LogP contribution is 2.25. The molecule has 0 saturated carbocycles. The Morgan fingerprint density at radius 3 is 2.59 bits per heavy atom. The normalized spacial score (nSPS) is 14.7. The Kier molecular flexibility index (Phi) is 6.45. The van der Waals surface area contributed by atoms with Crippen LogP contribution in [0.3, 0.4) is 0 Å². The van der Waals surface area contributed by atoms with Crippen LogP contribution in [0.15, 0.2) is 30.7 Å². The maximum atomic E-state index is 12.5. The molecule has 1 aliphatic heterocycles. The van der Waals surface area contributed by atoms with Gasteiger partial charge in [0.25, 0.3) is 0 Å². The Morgan fingerprint density at radius 2 is 1.93 bits per heavy atom. The second kappa shape index (κ2) is 8.99. The molecule has 0 atom stereocenters. The van der Waals surface area contributed by atoms with E-state index < -0.39 is 0 Å². The molecule has 0 N–H and O–H groups in total. The molecule has 0 aromatic carbocycles. The van der Waals surface area contributed by atoms with Gasteiger partial charge in [0, 0.05) is 39.2 Å². The fourth-order valence-electron chi connectivity index (χ4n) is 3.18. The van der Waals surface area contributed by atoms with Crippen molar-refractivity contribution in [2.45, 2.75) is 38.5 Å². The van der Waals surface area contributed by atoms with Crippen LogP contribution < -0.4 is 4.90 Å². The Hall–Kier alpha value is -2.41. The van der Waals surface area contributed by atoms with Crippen molar-refractivity contribution in [2.24, 2.45) is 0 Å². The molecule has 8 heteroatoms. The van der Waals surface area contributed by atoms with Crippen molar-refractivity contribution in [3.05, 3.63) is 35.9 Å². The molecule has 2 aromatic heterocycles. The first-order valence-electron chi connectivity index (χ1n) is 9.26. The van der Waals surface area contributed by atoms with Gasteiger partial charge in [-0.3, -0.25) is 14.6 Å². The zero-order chi connectivity index (χ0) is 19.2. The summed E-state index contributed by atoms with van der Waals surface area (Å²) in [6, 6.07) is 3.65. The highest BCUT2D eigenvalue weighted by Gasteiger charge is 2.21. The monoisotopic (exact) mass is 389 g/mol. The maximum Gasteiger partial charge on any atom is 0.227 e. The number of rotatable bonds is 5. The lowest BCUT2D eigenvalue weighted by Gasteiger charge is -2.21. The predicted molar refractivity (Wildman–Crippen MR) is 104 cm³/mol. The Morgan fingerprint density at radius 1 is 1.19 bits per heavy atom. The van der Waals surface area contributed by atoms with Crippen LogP contribution in [-0.4, -0.2) is 51.6 Å². The Labute approximate surface area is 163 Å². The summed E-state index contributed by atoms with van der Waals surface area (Å²) in [6.07, 6.45) is 9.83. The third-order valence-corrected chi connectivity index (χ3v) is 5.08.